The topological polar surface area (TPSA) is 51.1 Å². The average Bonchev–Trinajstić information content (AvgIpc) is 3.24. The van der Waals surface area contributed by atoms with Gasteiger partial charge in [-0.25, -0.2) is 8.42 Å². The number of aromatic nitrogens is 1. The first kappa shape index (κ1) is 23.6. The fraction of sp³-hybridized carbons (Fsp3) is 0.667. The molecule has 0 radical (unpaired) electrons. The quantitative estimate of drug-likeness (QED) is 0.530. The van der Waals surface area contributed by atoms with Crippen LogP contribution in [0.5, 0.6) is 0 Å². The third-order valence-corrected chi connectivity index (χ3v) is 8.73. The molecule has 0 aliphatic heterocycles. The number of sulfonamides is 1. The monoisotopic (exact) mass is 470 g/mol. The summed E-state index contributed by atoms with van der Waals surface area (Å²) in [4.78, 5) is 0. The lowest BCUT2D eigenvalue weighted by Gasteiger charge is -2.29. The maximum atomic E-state index is 14.2. The van der Waals surface area contributed by atoms with Crippen molar-refractivity contribution in [3.8, 4) is 0 Å². The third kappa shape index (κ3) is 4.86. The molecule has 8 heteroatoms. The molecule has 32 heavy (non-hydrogen) atoms. The molecule has 2 aliphatic carbocycles. The van der Waals surface area contributed by atoms with E-state index >= 15 is 0 Å². The molecular formula is C24H33F3N2O2S. The standard InChI is InChI=1S/C24H33F3N2O2S/c1-23(2,3)15-29-14-20(19-12-11-17(13-21(19)29)16-7-4-5-8-16)22(24(25,26)27)28-32(30,31)18-9-6-10-18/h11-14,16,18,22,28H,4-10,15H2,1-3H3/t22-/m0/s1. The Balaban J connectivity index is 1.81. The molecule has 178 valence electrons. The van der Waals surface area contributed by atoms with Crippen molar-refractivity contribution in [2.75, 3.05) is 0 Å². The zero-order valence-corrected chi connectivity index (χ0v) is 19.8. The first-order chi connectivity index (χ1) is 14.9. The average molecular weight is 471 g/mol. The van der Waals surface area contributed by atoms with Gasteiger partial charge in [-0.1, -0.05) is 52.2 Å². The van der Waals surface area contributed by atoms with Crippen molar-refractivity contribution >= 4 is 20.9 Å². The summed E-state index contributed by atoms with van der Waals surface area (Å²) in [6.07, 6.45) is 2.89. The largest absolute Gasteiger partial charge is 0.408 e. The van der Waals surface area contributed by atoms with Gasteiger partial charge >= 0.3 is 6.18 Å². The lowest BCUT2D eigenvalue weighted by molar-refractivity contribution is -0.152. The van der Waals surface area contributed by atoms with E-state index in [1.165, 1.54) is 19.0 Å². The van der Waals surface area contributed by atoms with E-state index in [2.05, 4.69) is 0 Å². The highest BCUT2D eigenvalue weighted by atomic mass is 32.2. The number of hydrogen-bond donors (Lipinski definition) is 1. The summed E-state index contributed by atoms with van der Waals surface area (Å²) in [5.41, 5.74) is 1.74. The SMILES string of the molecule is CC(C)(C)Cn1cc([C@H](NS(=O)(=O)C2CCC2)C(F)(F)F)c2ccc(C3CCCC3)cc21. The van der Waals surface area contributed by atoms with Crippen molar-refractivity contribution < 1.29 is 21.6 Å². The Hall–Kier alpha value is -1.54. The summed E-state index contributed by atoms with van der Waals surface area (Å²) < 4.78 is 71.7. The summed E-state index contributed by atoms with van der Waals surface area (Å²) in [7, 11) is -4.05. The molecule has 0 saturated heterocycles. The second kappa shape index (κ2) is 8.35. The predicted molar refractivity (Wildman–Crippen MR) is 121 cm³/mol. The van der Waals surface area contributed by atoms with Gasteiger partial charge in [0.1, 0.15) is 6.04 Å². The Morgan fingerprint density at radius 1 is 1.06 bits per heavy atom. The van der Waals surface area contributed by atoms with Gasteiger partial charge in [0.25, 0.3) is 0 Å². The maximum absolute atomic E-state index is 14.2. The molecular weight excluding hydrogens is 437 g/mol. The molecule has 1 aromatic carbocycles. The molecule has 4 nitrogen and oxygen atoms in total. The predicted octanol–water partition coefficient (Wildman–Crippen LogP) is 6.42. The normalized spacial score (nSPS) is 20.1. The van der Waals surface area contributed by atoms with Crippen LogP contribution in [0.1, 0.15) is 88.8 Å². The van der Waals surface area contributed by atoms with Gasteiger partial charge in [-0.2, -0.15) is 17.9 Å². The highest BCUT2D eigenvalue weighted by Gasteiger charge is 2.46. The molecule has 1 aromatic heterocycles. The van der Waals surface area contributed by atoms with Crippen LogP contribution in [0.15, 0.2) is 24.4 Å². The van der Waals surface area contributed by atoms with E-state index < -0.39 is 27.5 Å². The third-order valence-electron chi connectivity index (χ3n) is 6.82. The highest BCUT2D eigenvalue weighted by molar-refractivity contribution is 7.90. The Morgan fingerprint density at radius 2 is 1.72 bits per heavy atom. The Bertz CT molecular complexity index is 1070. The van der Waals surface area contributed by atoms with Crippen molar-refractivity contribution in [3.63, 3.8) is 0 Å². The van der Waals surface area contributed by atoms with Gasteiger partial charge in [-0.05, 0) is 48.6 Å². The van der Waals surface area contributed by atoms with Crippen LogP contribution in [0.25, 0.3) is 10.9 Å². The summed E-state index contributed by atoms with van der Waals surface area (Å²) >= 11 is 0. The molecule has 0 amide bonds. The van der Waals surface area contributed by atoms with E-state index in [1.54, 1.807) is 6.07 Å². The van der Waals surface area contributed by atoms with Gasteiger partial charge in [-0.15, -0.1) is 0 Å². The van der Waals surface area contributed by atoms with E-state index in [9.17, 15) is 21.6 Å². The number of rotatable bonds is 6. The minimum Gasteiger partial charge on any atom is -0.347 e. The smallest absolute Gasteiger partial charge is 0.347 e. The van der Waals surface area contributed by atoms with Crippen molar-refractivity contribution in [3.05, 3.63) is 35.5 Å². The first-order valence-electron chi connectivity index (χ1n) is 11.6. The fourth-order valence-corrected chi connectivity index (χ4v) is 6.71. The Labute approximate surface area is 188 Å². The number of halogens is 3. The second-order valence-corrected chi connectivity index (χ2v) is 12.7. The van der Waals surface area contributed by atoms with Gasteiger partial charge < -0.3 is 4.57 Å². The number of benzene rings is 1. The summed E-state index contributed by atoms with van der Waals surface area (Å²) in [6.45, 7) is 6.66. The van der Waals surface area contributed by atoms with Gasteiger partial charge in [-0.3, -0.25) is 0 Å². The van der Waals surface area contributed by atoms with Gasteiger partial charge in [0, 0.05) is 29.2 Å². The highest BCUT2D eigenvalue weighted by Crippen LogP contribution is 2.42. The van der Waals surface area contributed by atoms with Crippen LogP contribution >= 0.6 is 0 Å². The van der Waals surface area contributed by atoms with Gasteiger partial charge in [0.2, 0.25) is 10.0 Å². The van der Waals surface area contributed by atoms with Crippen LogP contribution in [-0.2, 0) is 16.6 Å². The fourth-order valence-electron chi connectivity index (χ4n) is 4.97. The molecule has 1 N–H and O–H groups in total. The van der Waals surface area contributed by atoms with Crippen LogP contribution < -0.4 is 4.72 Å². The number of hydrogen-bond acceptors (Lipinski definition) is 2. The second-order valence-electron chi connectivity index (χ2n) is 10.7. The van der Waals surface area contributed by atoms with Gasteiger partial charge in [0.15, 0.2) is 0 Å². The summed E-state index contributed by atoms with van der Waals surface area (Å²) in [6, 6.07) is 3.45. The number of fused-ring (bicyclic) bond motifs is 1. The lowest BCUT2D eigenvalue weighted by Crippen LogP contribution is -2.44. The molecule has 0 spiro atoms. The molecule has 2 aromatic rings. The van der Waals surface area contributed by atoms with Crippen LogP contribution in [0.4, 0.5) is 13.2 Å². The molecule has 1 heterocycles. The molecule has 2 aliphatic rings. The van der Waals surface area contributed by atoms with Crippen molar-refractivity contribution in [1.82, 2.24) is 9.29 Å². The lowest BCUT2D eigenvalue weighted by atomic mass is 9.95. The summed E-state index contributed by atoms with van der Waals surface area (Å²) in [5.74, 6) is 0.441. The maximum Gasteiger partial charge on any atom is 0.408 e. The molecule has 4 rings (SSSR count). The molecule has 2 saturated carbocycles. The molecule has 2 fully saturated rings. The van der Waals surface area contributed by atoms with Crippen molar-refractivity contribution in [2.45, 2.75) is 95.6 Å². The zero-order chi connectivity index (χ0) is 23.3. The van der Waals surface area contributed by atoms with Crippen LogP contribution in [0, 0.1) is 5.41 Å². The van der Waals surface area contributed by atoms with E-state index in [-0.39, 0.29) is 11.0 Å². The summed E-state index contributed by atoms with van der Waals surface area (Å²) in [5, 5.41) is -0.265. The van der Waals surface area contributed by atoms with E-state index in [4.69, 9.17) is 0 Å². The molecule has 0 unspecified atom stereocenters. The molecule has 0 bridgehead atoms. The van der Waals surface area contributed by atoms with E-state index in [0.717, 1.165) is 30.3 Å². The Morgan fingerprint density at radius 3 is 2.25 bits per heavy atom. The van der Waals surface area contributed by atoms with E-state index in [0.29, 0.717) is 30.7 Å². The van der Waals surface area contributed by atoms with Crippen LogP contribution in [0.3, 0.4) is 0 Å². The number of alkyl halides is 3. The van der Waals surface area contributed by atoms with E-state index in [1.807, 2.05) is 42.2 Å². The van der Waals surface area contributed by atoms with Crippen molar-refractivity contribution in [2.24, 2.45) is 5.41 Å². The Kier molecular flexibility index (Phi) is 6.16. The number of nitrogens with zero attached hydrogens (tertiary/aromatic N) is 1. The zero-order valence-electron chi connectivity index (χ0n) is 19.0. The minimum atomic E-state index is -4.73. The number of nitrogens with one attached hydrogen (secondary N) is 1. The van der Waals surface area contributed by atoms with Gasteiger partial charge in [0.05, 0.1) is 5.25 Å². The van der Waals surface area contributed by atoms with Crippen LogP contribution in [0.2, 0.25) is 0 Å². The minimum absolute atomic E-state index is 0.0161. The first-order valence-corrected chi connectivity index (χ1v) is 13.1. The van der Waals surface area contributed by atoms with Crippen LogP contribution in [-0.4, -0.2) is 24.4 Å². The molecule has 1 atom stereocenters. The van der Waals surface area contributed by atoms with Crippen molar-refractivity contribution in [1.29, 1.82) is 0 Å².